The molecule has 2 aromatic carbocycles. The number of ether oxygens (including phenoxy) is 3. The fourth-order valence-corrected chi connectivity index (χ4v) is 5.05. The molecule has 0 bridgehead atoms. The number of pyridine rings is 1. The molecule has 3 aromatic rings. The Bertz CT molecular complexity index is 1160. The number of fused-ring (bicyclic) bond motifs is 1. The smallest absolute Gasteiger partial charge is 0.256 e. The van der Waals surface area contributed by atoms with Crippen LogP contribution in [0.1, 0.15) is 17.3 Å². The molecule has 5 rings (SSSR count). The van der Waals surface area contributed by atoms with Gasteiger partial charge in [0.1, 0.15) is 24.0 Å². The van der Waals surface area contributed by atoms with Crippen LogP contribution in [0.4, 0.5) is 5.69 Å². The van der Waals surface area contributed by atoms with Crippen molar-refractivity contribution in [3.05, 3.63) is 66.4 Å². The summed E-state index contributed by atoms with van der Waals surface area (Å²) in [6.07, 6.45) is 1.72. The van der Waals surface area contributed by atoms with E-state index in [1.807, 2.05) is 60.4 Å². The molecule has 0 unspecified atom stereocenters. The third-order valence-corrected chi connectivity index (χ3v) is 6.81. The first-order chi connectivity index (χ1) is 16.7. The lowest BCUT2D eigenvalue weighted by Gasteiger charge is -2.36. The molecule has 0 N–H and O–H groups in total. The Balaban J connectivity index is 1.28. The van der Waals surface area contributed by atoms with E-state index in [0.717, 1.165) is 40.9 Å². The Morgan fingerprint density at radius 3 is 2.62 bits per heavy atom. The molecular formula is C26H27N3O4S. The summed E-state index contributed by atoms with van der Waals surface area (Å²) < 4.78 is 17.1. The zero-order chi connectivity index (χ0) is 23.3. The van der Waals surface area contributed by atoms with Gasteiger partial charge < -0.3 is 24.0 Å². The van der Waals surface area contributed by atoms with Crippen LogP contribution >= 0.6 is 11.8 Å². The maximum absolute atomic E-state index is 13.4. The highest BCUT2D eigenvalue weighted by Gasteiger charge is 2.26. The summed E-state index contributed by atoms with van der Waals surface area (Å²) in [5, 5.41) is 0.688. The van der Waals surface area contributed by atoms with E-state index in [1.54, 1.807) is 6.20 Å². The Morgan fingerprint density at radius 2 is 1.79 bits per heavy atom. The first-order valence-corrected chi connectivity index (χ1v) is 12.3. The van der Waals surface area contributed by atoms with E-state index in [1.165, 1.54) is 11.8 Å². The lowest BCUT2D eigenvalue weighted by atomic mass is 10.2. The van der Waals surface area contributed by atoms with Gasteiger partial charge in [-0.05, 0) is 49.4 Å². The van der Waals surface area contributed by atoms with Crippen molar-refractivity contribution in [3.63, 3.8) is 0 Å². The van der Waals surface area contributed by atoms with Gasteiger partial charge in [0.15, 0.2) is 11.5 Å². The van der Waals surface area contributed by atoms with Gasteiger partial charge in [0.05, 0.1) is 17.9 Å². The van der Waals surface area contributed by atoms with Crippen molar-refractivity contribution in [1.29, 1.82) is 0 Å². The van der Waals surface area contributed by atoms with E-state index in [9.17, 15) is 4.79 Å². The highest BCUT2D eigenvalue weighted by Crippen LogP contribution is 2.37. The van der Waals surface area contributed by atoms with Crippen molar-refractivity contribution in [3.8, 4) is 17.2 Å². The summed E-state index contributed by atoms with van der Waals surface area (Å²) in [5.74, 6) is 2.36. The van der Waals surface area contributed by atoms with Crippen LogP contribution in [0.3, 0.4) is 0 Å². The van der Waals surface area contributed by atoms with Gasteiger partial charge in [0, 0.05) is 37.3 Å². The van der Waals surface area contributed by atoms with Gasteiger partial charge in [-0.25, -0.2) is 4.98 Å². The van der Waals surface area contributed by atoms with Crippen molar-refractivity contribution < 1.29 is 19.0 Å². The van der Waals surface area contributed by atoms with Crippen LogP contribution < -0.4 is 19.1 Å². The Kier molecular flexibility index (Phi) is 6.76. The minimum absolute atomic E-state index is 0.00545. The maximum Gasteiger partial charge on any atom is 0.256 e. The van der Waals surface area contributed by atoms with Gasteiger partial charge in [0.2, 0.25) is 0 Å². The van der Waals surface area contributed by atoms with Gasteiger partial charge in [-0.15, -0.1) is 0 Å². The number of aromatic nitrogens is 1. The van der Waals surface area contributed by atoms with Crippen molar-refractivity contribution in [1.82, 2.24) is 9.88 Å². The second kappa shape index (κ2) is 10.3. The molecule has 0 saturated carbocycles. The molecule has 7 nitrogen and oxygen atoms in total. The third kappa shape index (κ3) is 4.77. The number of rotatable bonds is 6. The predicted molar refractivity (Wildman–Crippen MR) is 132 cm³/mol. The van der Waals surface area contributed by atoms with Gasteiger partial charge in [0.25, 0.3) is 5.91 Å². The van der Waals surface area contributed by atoms with Crippen molar-refractivity contribution >= 4 is 23.4 Å². The van der Waals surface area contributed by atoms with Gasteiger partial charge in [-0.2, -0.15) is 0 Å². The van der Waals surface area contributed by atoms with Crippen LogP contribution in [0, 0.1) is 0 Å². The number of benzene rings is 2. The number of piperazine rings is 1. The summed E-state index contributed by atoms with van der Waals surface area (Å²) in [7, 11) is 0. The molecule has 8 heteroatoms. The molecule has 1 amide bonds. The van der Waals surface area contributed by atoms with Crippen LogP contribution in [-0.4, -0.2) is 61.8 Å². The molecule has 3 heterocycles. The molecular weight excluding hydrogens is 450 g/mol. The second-order valence-electron chi connectivity index (χ2n) is 7.94. The lowest BCUT2D eigenvalue weighted by molar-refractivity contribution is 0.0742. The minimum Gasteiger partial charge on any atom is -0.492 e. The van der Waals surface area contributed by atoms with Crippen LogP contribution in [-0.2, 0) is 0 Å². The molecule has 1 fully saturated rings. The maximum atomic E-state index is 13.4. The predicted octanol–water partition coefficient (Wildman–Crippen LogP) is 4.37. The van der Waals surface area contributed by atoms with Gasteiger partial charge in [-0.3, -0.25) is 4.79 Å². The SMILES string of the molecule is CCOc1ccccc1N1CCN(C(=O)c2cccnc2Sc2ccc3c(c2)OCCO3)CC1. The molecule has 2 aliphatic heterocycles. The van der Waals surface area contributed by atoms with Crippen LogP contribution in [0.15, 0.2) is 70.7 Å². The van der Waals surface area contributed by atoms with Crippen LogP contribution in [0.25, 0.3) is 0 Å². The molecule has 0 spiro atoms. The number of carbonyl (C=O) groups excluding carboxylic acids is 1. The highest BCUT2D eigenvalue weighted by molar-refractivity contribution is 7.99. The molecule has 1 aromatic heterocycles. The number of amides is 1. The largest absolute Gasteiger partial charge is 0.492 e. The van der Waals surface area contributed by atoms with Gasteiger partial charge in [-0.1, -0.05) is 23.9 Å². The van der Waals surface area contributed by atoms with E-state index in [4.69, 9.17) is 14.2 Å². The van der Waals surface area contributed by atoms with E-state index in [-0.39, 0.29) is 5.91 Å². The van der Waals surface area contributed by atoms with E-state index >= 15 is 0 Å². The number of para-hydroxylation sites is 2. The summed E-state index contributed by atoms with van der Waals surface area (Å²) in [6, 6.07) is 17.6. The quantitative estimate of drug-likeness (QED) is 0.523. The Morgan fingerprint density at radius 1 is 1.00 bits per heavy atom. The fraction of sp³-hybridized carbons (Fsp3) is 0.308. The first-order valence-electron chi connectivity index (χ1n) is 11.5. The first kappa shape index (κ1) is 22.4. The molecule has 1 saturated heterocycles. The van der Waals surface area contributed by atoms with Crippen molar-refractivity contribution in [2.75, 3.05) is 50.9 Å². The van der Waals surface area contributed by atoms with Gasteiger partial charge >= 0.3 is 0 Å². The van der Waals surface area contributed by atoms with Crippen molar-refractivity contribution in [2.24, 2.45) is 0 Å². The average molecular weight is 478 g/mol. The average Bonchev–Trinajstić information content (AvgIpc) is 2.89. The van der Waals surface area contributed by atoms with Crippen LogP contribution in [0.5, 0.6) is 17.2 Å². The second-order valence-corrected chi connectivity index (χ2v) is 9.01. The van der Waals surface area contributed by atoms with E-state index in [2.05, 4.69) is 16.0 Å². The molecule has 0 radical (unpaired) electrons. The summed E-state index contributed by atoms with van der Waals surface area (Å²) in [4.78, 5) is 23.1. The zero-order valence-corrected chi connectivity index (χ0v) is 19.9. The minimum atomic E-state index is 0.00545. The number of nitrogens with zero attached hydrogens (tertiary/aromatic N) is 3. The lowest BCUT2D eigenvalue weighted by Crippen LogP contribution is -2.49. The number of hydrogen-bond donors (Lipinski definition) is 0. The molecule has 2 aliphatic rings. The zero-order valence-electron chi connectivity index (χ0n) is 19.1. The normalized spacial score (nSPS) is 15.2. The summed E-state index contributed by atoms with van der Waals surface area (Å²) >= 11 is 1.46. The van der Waals surface area contributed by atoms with Crippen molar-refractivity contribution in [2.45, 2.75) is 16.8 Å². The molecule has 176 valence electrons. The Labute approximate surface area is 203 Å². The van der Waals surface area contributed by atoms with Crippen LogP contribution in [0.2, 0.25) is 0 Å². The Hall–Kier alpha value is -3.39. The molecule has 34 heavy (non-hydrogen) atoms. The fourth-order valence-electron chi connectivity index (χ4n) is 4.15. The molecule has 0 aliphatic carbocycles. The molecule has 0 atom stereocenters. The van der Waals surface area contributed by atoms with E-state index < -0.39 is 0 Å². The topological polar surface area (TPSA) is 64.1 Å². The number of carbonyl (C=O) groups is 1. The van der Waals surface area contributed by atoms with E-state index in [0.29, 0.717) is 43.5 Å². The third-order valence-electron chi connectivity index (χ3n) is 5.80. The number of hydrogen-bond acceptors (Lipinski definition) is 7. The standard InChI is InChI=1S/C26H27N3O4S/c1-2-31-22-8-4-3-7-21(22)28-12-14-29(15-13-28)26(30)20-6-5-11-27-25(20)34-19-9-10-23-24(18-19)33-17-16-32-23/h3-11,18H,2,12-17H2,1H3. The highest BCUT2D eigenvalue weighted by atomic mass is 32.2. The number of anilines is 1. The summed E-state index contributed by atoms with van der Waals surface area (Å²) in [5.41, 5.74) is 1.69. The summed E-state index contributed by atoms with van der Waals surface area (Å²) in [6.45, 7) is 6.49. The monoisotopic (exact) mass is 477 g/mol.